The van der Waals surface area contributed by atoms with Crippen molar-refractivity contribution in [2.75, 3.05) is 6.54 Å². The van der Waals surface area contributed by atoms with E-state index in [0.717, 1.165) is 31.6 Å². The van der Waals surface area contributed by atoms with E-state index >= 15 is 0 Å². The fraction of sp³-hybridized carbons (Fsp3) is 0.385. The number of nitrogens with zero attached hydrogens (tertiary/aromatic N) is 3. The molecule has 1 aliphatic rings. The van der Waals surface area contributed by atoms with Crippen molar-refractivity contribution >= 4 is 17.7 Å². The monoisotopic (exact) mass is 295 g/mol. The molecule has 0 aliphatic carbocycles. The van der Waals surface area contributed by atoms with Crippen molar-refractivity contribution in [2.24, 2.45) is 10.1 Å². The maximum absolute atomic E-state index is 10.8. The Balaban J connectivity index is 0.00000200. The third-order valence-electron chi connectivity index (χ3n) is 2.91. The van der Waals surface area contributed by atoms with Crippen molar-refractivity contribution in [3.8, 4) is 0 Å². The second-order valence-corrected chi connectivity index (χ2v) is 4.33. The molecule has 0 saturated heterocycles. The summed E-state index contributed by atoms with van der Waals surface area (Å²) in [5, 5.41) is 14.9. The normalized spacial score (nSPS) is 15.1. The molecule has 1 N–H and O–H groups in total. The average molecular weight is 296 g/mol. The van der Waals surface area contributed by atoms with E-state index in [4.69, 9.17) is 0 Å². The van der Waals surface area contributed by atoms with Crippen molar-refractivity contribution in [3.63, 3.8) is 0 Å². The third-order valence-corrected chi connectivity index (χ3v) is 2.91. The topological polar surface area (TPSA) is 79.9 Å². The number of halogens is 1. The first-order chi connectivity index (χ1) is 9.27. The van der Waals surface area contributed by atoms with E-state index in [0.29, 0.717) is 5.56 Å². The summed E-state index contributed by atoms with van der Waals surface area (Å²) >= 11 is 0. The van der Waals surface area contributed by atoms with Gasteiger partial charge in [0.2, 0.25) is 0 Å². The van der Waals surface area contributed by atoms with Gasteiger partial charge in [-0.3, -0.25) is 20.5 Å². The van der Waals surface area contributed by atoms with Crippen LogP contribution in [-0.4, -0.2) is 23.5 Å². The Morgan fingerprint density at radius 2 is 2.10 bits per heavy atom. The van der Waals surface area contributed by atoms with Crippen LogP contribution >= 0.6 is 0 Å². The molecule has 0 atom stereocenters. The Hall–Kier alpha value is -1.95. The van der Waals surface area contributed by atoms with Crippen molar-refractivity contribution in [2.45, 2.75) is 25.7 Å². The van der Waals surface area contributed by atoms with Crippen LogP contribution in [-0.2, 0) is 0 Å². The largest absolute Gasteiger partial charge is 1.00 e. The average Bonchev–Trinajstić information content (AvgIpc) is 2.68. The van der Waals surface area contributed by atoms with Gasteiger partial charge in [0.05, 0.1) is 16.7 Å². The number of hydrogen-bond donors (Lipinski definition) is 1. The minimum absolute atomic E-state index is 0. The summed E-state index contributed by atoms with van der Waals surface area (Å²) in [7, 11) is 0. The molecule has 0 fully saturated rings. The van der Waals surface area contributed by atoms with Crippen molar-refractivity contribution in [3.05, 3.63) is 39.9 Å². The fourth-order valence-electron chi connectivity index (χ4n) is 1.90. The minimum atomic E-state index is -0.412. The van der Waals surface area contributed by atoms with Gasteiger partial charge in [-0.05, 0) is 18.9 Å². The molecule has 1 aliphatic heterocycles. The molecule has 1 aromatic rings. The van der Waals surface area contributed by atoms with E-state index in [1.54, 1.807) is 18.2 Å². The lowest BCUT2D eigenvalue weighted by molar-refractivity contribution is -0.385. The highest BCUT2D eigenvalue weighted by Crippen LogP contribution is 2.15. The standard InChI is InChI=1S/C13H16N4O2.ClH/c18-17(19)12-7-4-3-6-11(12)10-15-16-13-8-2-1-5-9-14-13;/h3-4,6-7,10H,1-2,5,8-9H2,(H,14,16);1H/p-1. The Bertz CT molecular complexity index is 517. The molecule has 20 heavy (non-hydrogen) atoms. The molecule has 0 bridgehead atoms. The maximum Gasteiger partial charge on any atom is 0.278 e. The Morgan fingerprint density at radius 3 is 2.90 bits per heavy atom. The van der Waals surface area contributed by atoms with Gasteiger partial charge in [0, 0.05) is 19.0 Å². The SMILES string of the molecule is O=[N+]([O-])c1ccccc1C=NNC1=NCCCCC1.[Cl-]. The molecule has 0 saturated carbocycles. The van der Waals surface area contributed by atoms with E-state index in [-0.39, 0.29) is 18.1 Å². The van der Waals surface area contributed by atoms with Crippen LogP contribution in [0.2, 0.25) is 0 Å². The number of rotatable bonds is 3. The molecule has 0 unspecified atom stereocenters. The van der Waals surface area contributed by atoms with E-state index in [9.17, 15) is 10.1 Å². The van der Waals surface area contributed by atoms with Gasteiger partial charge in [-0.2, -0.15) is 5.10 Å². The van der Waals surface area contributed by atoms with Crippen LogP contribution in [0.25, 0.3) is 0 Å². The van der Waals surface area contributed by atoms with Gasteiger partial charge in [-0.15, -0.1) is 0 Å². The van der Waals surface area contributed by atoms with E-state index < -0.39 is 4.92 Å². The number of hydrogen-bond acceptors (Lipinski definition) is 5. The van der Waals surface area contributed by atoms with Crippen LogP contribution in [0.5, 0.6) is 0 Å². The van der Waals surface area contributed by atoms with Crippen molar-refractivity contribution in [1.82, 2.24) is 5.43 Å². The number of nitro benzene ring substituents is 1. The van der Waals surface area contributed by atoms with Crippen LogP contribution in [0.1, 0.15) is 31.2 Å². The Labute approximate surface area is 123 Å². The molecule has 6 nitrogen and oxygen atoms in total. The first-order valence-corrected chi connectivity index (χ1v) is 6.33. The molecule has 1 aromatic carbocycles. The van der Waals surface area contributed by atoms with Crippen molar-refractivity contribution in [1.29, 1.82) is 0 Å². The number of aliphatic imine (C=N–C) groups is 1. The van der Waals surface area contributed by atoms with Crippen LogP contribution in [0.4, 0.5) is 5.69 Å². The van der Waals surface area contributed by atoms with Crippen molar-refractivity contribution < 1.29 is 17.3 Å². The molecule has 2 rings (SSSR count). The highest BCUT2D eigenvalue weighted by atomic mass is 35.5. The summed E-state index contributed by atoms with van der Waals surface area (Å²) in [5.41, 5.74) is 3.41. The van der Waals surface area contributed by atoms with Crippen LogP contribution < -0.4 is 17.8 Å². The summed E-state index contributed by atoms with van der Waals surface area (Å²) in [4.78, 5) is 14.8. The van der Waals surface area contributed by atoms with Crippen LogP contribution in [0.3, 0.4) is 0 Å². The highest BCUT2D eigenvalue weighted by molar-refractivity contribution is 5.87. The van der Waals surface area contributed by atoms with Crippen LogP contribution in [0.15, 0.2) is 34.4 Å². The zero-order valence-corrected chi connectivity index (χ0v) is 11.7. The molecule has 0 radical (unpaired) electrons. The predicted molar refractivity (Wildman–Crippen MR) is 74.6 cm³/mol. The predicted octanol–water partition coefficient (Wildman–Crippen LogP) is -0.505. The van der Waals surface area contributed by atoms with Crippen LogP contribution in [0, 0.1) is 10.1 Å². The lowest BCUT2D eigenvalue weighted by Crippen LogP contribution is -3.00. The molecule has 1 heterocycles. The summed E-state index contributed by atoms with van der Waals surface area (Å²) < 4.78 is 0. The van der Waals surface area contributed by atoms with Gasteiger partial charge in [-0.25, -0.2) is 0 Å². The summed E-state index contributed by atoms with van der Waals surface area (Å²) in [5.74, 6) is 0.854. The number of nitrogens with one attached hydrogen (secondary N) is 1. The minimum Gasteiger partial charge on any atom is -1.00 e. The molecular weight excluding hydrogens is 280 g/mol. The zero-order chi connectivity index (χ0) is 13.5. The lowest BCUT2D eigenvalue weighted by Gasteiger charge is -2.02. The number of hydrazone groups is 1. The fourth-order valence-corrected chi connectivity index (χ4v) is 1.90. The van der Waals surface area contributed by atoms with Gasteiger partial charge >= 0.3 is 0 Å². The van der Waals surface area contributed by atoms with Gasteiger partial charge in [0.15, 0.2) is 0 Å². The van der Waals surface area contributed by atoms with Gasteiger partial charge in [-0.1, -0.05) is 18.6 Å². The quantitative estimate of drug-likeness (QED) is 0.463. The van der Waals surface area contributed by atoms with E-state index in [1.165, 1.54) is 18.7 Å². The molecular formula is C13H16ClN4O2-. The number of para-hydroxylation sites is 1. The summed E-state index contributed by atoms with van der Waals surface area (Å²) in [6.45, 7) is 0.823. The van der Waals surface area contributed by atoms with Gasteiger partial charge in [0.25, 0.3) is 5.69 Å². The van der Waals surface area contributed by atoms with Gasteiger partial charge < -0.3 is 12.4 Å². The number of benzene rings is 1. The highest BCUT2D eigenvalue weighted by Gasteiger charge is 2.10. The van der Waals surface area contributed by atoms with E-state index in [1.807, 2.05) is 0 Å². The second kappa shape index (κ2) is 8.27. The van der Waals surface area contributed by atoms with Gasteiger partial charge in [0.1, 0.15) is 5.84 Å². The second-order valence-electron chi connectivity index (χ2n) is 4.33. The molecule has 0 amide bonds. The smallest absolute Gasteiger partial charge is 0.278 e. The lowest BCUT2D eigenvalue weighted by atomic mass is 10.2. The summed E-state index contributed by atoms with van der Waals surface area (Å²) in [6, 6.07) is 6.51. The molecule has 7 heteroatoms. The third kappa shape index (κ3) is 4.62. The number of amidine groups is 1. The maximum atomic E-state index is 10.8. The Kier molecular flexibility index (Phi) is 6.66. The first kappa shape index (κ1) is 16.1. The summed E-state index contributed by atoms with van der Waals surface area (Å²) in [6.07, 6.45) is 5.74. The molecule has 108 valence electrons. The first-order valence-electron chi connectivity index (χ1n) is 6.33. The Morgan fingerprint density at radius 1 is 1.30 bits per heavy atom. The zero-order valence-electron chi connectivity index (χ0n) is 11.0. The van der Waals surface area contributed by atoms with E-state index in [2.05, 4.69) is 15.5 Å². The molecule has 0 aromatic heterocycles. The molecule has 0 spiro atoms. The number of nitro groups is 1.